The molecule has 0 saturated heterocycles. The predicted octanol–water partition coefficient (Wildman–Crippen LogP) is 12.7. The molecule has 0 bridgehead atoms. The Labute approximate surface area is 336 Å². The Morgan fingerprint density at radius 1 is 0.556 bits per heavy atom. The number of pyridine rings is 1. The fourth-order valence-corrected chi connectivity index (χ4v) is 7.07. The van der Waals surface area contributed by atoms with E-state index in [1.807, 2.05) is 77.7 Å². The monoisotopic (exact) mass is 879 g/mol. The van der Waals surface area contributed by atoms with E-state index in [1.54, 1.807) is 17.8 Å². The van der Waals surface area contributed by atoms with Crippen molar-refractivity contribution in [1.82, 2.24) is 4.98 Å². The summed E-state index contributed by atoms with van der Waals surface area (Å²) < 4.78 is 48.5. The number of hydrogen-bond donors (Lipinski definition) is 0. The van der Waals surface area contributed by atoms with Crippen LogP contribution in [0.25, 0.3) is 33.4 Å². The molecule has 0 atom stereocenters. The zero-order valence-corrected chi connectivity index (χ0v) is 30.8. The molecule has 54 heavy (non-hydrogen) atoms. The Balaban J connectivity index is 0.00000449. The van der Waals surface area contributed by atoms with Crippen molar-refractivity contribution in [3.05, 3.63) is 201 Å². The maximum atomic E-state index is 8.65. The molecule has 262 valence electrons. The Hall–Kier alpha value is -6.42. The summed E-state index contributed by atoms with van der Waals surface area (Å²) in [6.07, 6.45) is 1.79. The number of rotatable bonds is 6. The minimum Gasteiger partial charge on any atom is -0.509 e. The normalized spacial score (nSPS) is 13.8. The van der Waals surface area contributed by atoms with E-state index in [2.05, 4.69) is 89.8 Å². The second kappa shape index (κ2) is 14.2. The minimum absolute atomic E-state index is 0. The first kappa shape index (κ1) is 28.1. The van der Waals surface area contributed by atoms with Crippen LogP contribution in [0.3, 0.4) is 0 Å². The third-order valence-corrected chi connectivity index (χ3v) is 9.44. The van der Waals surface area contributed by atoms with Gasteiger partial charge in [-0.25, -0.2) is 4.98 Å². The third-order valence-electron chi connectivity index (χ3n) is 9.44. The Kier molecular flexibility index (Phi) is 7.39. The van der Waals surface area contributed by atoms with Gasteiger partial charge >= 0.3 is 0 Å². The van der Waals surface area contributed by atoms with Crippen molar-refractivity contribution < 1.29 is 32.7 Å². The van der Waals surface area contributed by atoms with Crippen LogP contribution in [-0.2, 0) is 21.1 Å². The summed E-state index contributed by atoms with van der Waals surface area (Å²) >= 11 is 0. The third kappa shape index (κ3) is 5.93. The Bertz CT molecular complexity index is 2870. The molecule has 0 spiro atoms. The number of hydrogen-bond acceptors (Lipinski definition) is 5. The molecule has 2 aliphatic heterocycles. The maximum absolute atomic E-state index is 8.65. The Morgan fingerprint density at radius 3 is 2.07 bits per heavy atom. The van der Waals surface area contributed by atoms with Gasteiger partial charge in [0.2, 0.25) is 0 Å². The van der Waals surface area contributed by atoms with Crippen LogP contribution in [0.4, 0.5) is 39.9 Å². The van der Waals surface area contributed by atoms with Crippen LogP contribution in [0.5, 0.6) is 11.5 Å². The van der Waals surface area contributed by atoms with E-state index < -0.39 is 18.1 Å². The quantitative estimate of drug-likeness (QED) is 0.155. The van der Waals surface area contributed by atoms with Gasteiger partial charge in [0.25, 0.3) is 0 Å². The molecule has 1 aromatic heterocycles. The first-order valence-corrected chi connectivity index (χ1v) is 17.2. The molecule has 0 fully saturated rings. The second-order valence-electron chi connectivity index (χ2n) is 12.6. The molecule has 0 unspecified atom stereocenters. The molecule has 0 radical (unpaired) electrons. The summed E-state index contributed by atoms with van der Waals surface area (Å²) in [5.74, 6) is 1.65. The van der Waals surface area contributed by atoms with Crippen LogP contribution < -0.4 is 19.4 Å². The number of aromatic nitrogens is 1. The van der Waals surface area contributed by atoms with E-state index in [1.165, 1.54) is 0 Å². The molecule has 8 aromatic rings. The molecule has 6 heteroatoms. The molecule has 2 aliphatic rings. The van der Waals surface area contributed by atoms with Crippen molar-refractivity contribution in [3.8, 4) is 44.9 Å². The average Bonchev–Trinajstić information content (AvgIpc) is 3.60. The summed E-state index contributed by atoms with van der Waals surface area (Å²) in [7, 11) is 0. The number of anilines is 7. The average molecular weight is 880 g/mol. The van der Waals surface area contributed by atoms with Gasteiger partial charge in [-0.05, 0) is 65.2 Å². The van der Waals surface area contributed by atoms with Gasteiger partial charge in [-0.2, -0.15) is 12.1 Å². The molecular formula is C48H31N4OPt-3. The van der Waals surface area contributed by atoms with Gasteiger partial charge in [0, 0.05) is 61.4 Å². The molecule has 5 nitrogen and oxygen atoms in total. The predicted molar refractivity (Wildman–Crippen MR) is 214 cm³/mol. The van der Waals surface area contributed by atoms with E-state index in [4.69, 9.17) is 16.6 Å². The van der Waals surface area contributed by atoms with Gasteiger partial charge in [0.15, 0.2) is 0 Å². The molecular weight excluding hydrogens is 844 g/mol. The molecule has 0 N–H and O–H groups in total. The molecule has 0 aliphatic carbocycles. The zero-order valence-electron chi connectivity index (χ0n) is 33.5. The van der Waals surface area contributed by atoms with Crippen LogP contribution in [0, 0.1) is 18.8 Å². The molecule has 3 heterocycles. The van der Waals surface area contributed by atoms with E-state index in [0.29, 0.717) is 22.9 Å². The van der Waals surface area contributed by atoms with Gasteiger partial charge < -0.3 is 19.4 Å². The largest absolute Gasteiger partial charge is 0.509 e. The van der Waals surface area contributed by atoms with Gasteiger partial charge in [-0.1, -0.05) is 108 Å². The molecule has 0 amide bonds. The van der Waals surface area contributed by atoms with Gasteiger partial charge in [-0.15, -0.1) is 48.3 Å². The summed E-state index contributed by atoms with van der Waals surface area (Å²) in [5, 5.41) is 0. The van der Waals surface area contributed by atoms with Crippen LogP contribution >= 0.6 is 0 Å². The van der Waals surface area contributed by atoms with E-state index in [-0.39, 0.29) is 38.8 Å². The smallest absolute Gasteiger partial charge is 0.135 e. The van der Waals surface area contributed by atoms with Crippen LogP contribution in [0.2, 0.25) is 0 Å². The number of para-hydroxylation sites is 3. The van der Waals surface area contributed by atoms with Crippen molar-refractivity contribution in [3.63, 3.8) is 0 Å². The zero-order chi connectivity index (χ0) is 39.5. The first-order valence-electron chi connectivity index (χ1n) is 19.7. The molecule has 10 rings (SSSR count). The van der Waals surface area contributed by atoms with E-state index in [9.17, 15) is 0 Å². The second-order valence-corrected chi connectivity index (χ2v) is 12.6. The van der Waals surface area contributed by atoms with Crippen molar-refractivity contribution in [2.24, 2.45) is 0 Å². The van der Waals surface area contributed by atoms with Crippen molar-refractivity contribution >= 4 is 39.9 Å². The summed E-state index contributed by atoms with van der Waals surface area (Å²) in [6.45, 7) is 1.71. The van der Waals surface area contributed by atoms with Gasteiger partial charge in [-0.3, -0.25) is 0 Å². The van der Waals surface area contributed by atoms with Crippen LogP contribution in [0.1, 0.15) is 6.85 Å². The topological polar surface area (TPSA) is 31.8 Å². The number of fused-ring (bicyclic) bond motifs is 6. The van der Waals surface area contributed by atoms with Crippen molar-refractivity contribution in [2.75, 3.05) is 14.7 Å². The summed E-state index contributed by atoms with van der Waals surface area (Å²) in [6, 6.07) is 53.4. The summed E-state index contributed by atoms with van der Waals surface area (Å²) in [5.41, 5.74) is 10.3. The van der Waals surface area contributed by atoms with Gasteiger partial charge in [0.1, 0.15) is 5.82 Å². The maximum Gasteiger partial charge on any atom is 0.135 e. The van der Waals surface area contributed by atoms with Crippen molar-refractivity contribution in [1.29, 1.82) is 0 Å². The van der Waals surface area contributed by atoms with E-state index in [0.717, 1.165) is 56.3 Å². The number of nitrogens with zero attached hydrogens (tertiary/aromatic N) is 4. The summed E-state index contributed by atoms with van der Waals surface area (Å²) in [4.78, 5) is 10.4. The standard InChI is InChI=1S/C48H31N4O.Pt/c1-3-14-34(15-4-1)35-25-28-44-43(30-35)41-21-8-7-20-40(41)42-27-26-39(32-47(42)52(44)48-24-11-12-29-49-48)53-38-19-13-18-37(31-38)51-33-50(36-16-5-2-6-17-36)45-22-9-10-23-46(45)51;/h1-30,33H;/q-3;/i2D,5D,6D,16D,17D;. The minimum atomic E-state index is -0.440. The fraction of sp³-hybridized carbons (Fsp3) is 0. The SMILES string of the molecule is [2H]c1c([2H])c([2H])c(N2[CH-]N(c3[c-]c(Oc4[c-]c5c(cc4)-c4ccccc4-c4cc(-c6ccccc6)ccc4N5c4ccccn4)ccc3)c3ccccc32)c([2H])c1[2H].[Pt]. The van der Waals surface area contributed by atoms with E-state index >= 15 is 0 Å². The Morgan fingerprint density at radius 2 is 1.28 bits per heavy atom. The molecule has 0 saturated carbocycles. The van der Waals surface area contributed by atoms with Crippen LogP contribution in [-0.4, -0.2) is 4.98 Å². The number of ether oxygens (including phenoxy) is 1. The van der Waals surface area contributed by atoms with Crippen LogP contribution in [0.15, 0.2) is 182 Å². The number of benzene rings is 7. The first-order chi connectivity index (χ1) is 28.4. The fourth-order valence-electron chi connectivity index (χ4n) is 7.07. The molecule has 7 aromatic carbocycles. The van der Waals surface area contributed by atoms with Crippen molar-refractivity contribution in [2.45, 2.75) is 0 Å². The van der Waals surface area contributed by atoms with Gasteiger partial charge in [0.05, 0.1) is 12.5 Å².